The number of aromatic nitrogens is 2. The van der Waals surface area contributed by atoms with Gasteiger partial charge in [0.15, 0.2) is 5.11 Å². The summed E-state index contributed by atoms with van der Waals surface area (Å²) >= 11 is 5.88. The predicted molar refractivity (Wildman–Crippen MR) is 166 cm³/mol. The van der Waals surface area contributed by atoms with Crippen molar-refractivity contribution in [2.45, 2.75) is 39.0 Å². The van der Waals surface area contributed by atoms with Gasteiger partial charge in [0.2, 0.25) is 0 Å². The first-order chi connectivity index (χ1) is 20.6. The molecule has 0 radical (unpaired) electrons. The van der Waals surface area contributed by atoms with Crippen LogP contribution in [0.25, 0.3) is 5.69 Å². The van der Waals surface area contributed by atoms with E-state index in [0.717, 1.165) is 34.3 Å². The molecule has 3 aromatic carbocycles. The molecule has 3 heterocycles. The van der Waals surface area contributed by atoms with Gasteiger partial charge in [-0.25, -0.2) is 0 Å². The fraction of sp³-hybridized carbons (Fsp3) is 0.176. The molecule has 9 heteroatoms. The molecule has 0 unspecified atom stereocenters. The molecule has 1 saturated heterocycles. The maximum Gasteiger partial charge on any atom is 0.418 e. The second-order valence-corrected chi connectivity index (χ2v) is 10.9. The Kier molecular flexibility index (Phi) is 7.43. The standard InChI is InChI=1S/C34H29F3N4OS/c1-21-10-4-7-14-30(21)42-25-17-15-24(16-18-25)41-32(31(39-33(41)43)28-12-8-9-19-38-28)26-20-22(2)40(23(26)3)29-13-6-5-11-27(29)34(35,36)37/h4-20,31-32H,1-3H3,(H,39,43)/t31-,32-/m1/s1. The van der Waals surface area contributed by atoms with Gasteiger partial charge in [-0.3, -0.25) is 4.98 Å². The zero-order valence-corrected chi connectivity index (χ0v) is 24.6. The van der Waals surface area contributed by atoms with Crippen LogP contribution in [0.1, 0.15) is 45.9 Å². The summed E-state index contributed by atoms with van der Waals surface area (Å²) in [5, 5.41) is 3.93. The lowest BCUT2D eigenvalue weighted by Gasteiger charge is -2.28. The molecule has 0 bridgehead atoms. The average molecular weight is 599 g/mol. The SMILES string of the molecule is Cc1ccccc1Oc1ccc(N2C(=S)N[C@H](c3ccccn3)[C@H]2c2cc(C)n(-c3ccccc3C(F)(F)F)c2C)cc1. The normalized spacial score (nSPS) is 16.8. The fourth-order valence-electron chi connectivity index (χ4n) is 5.79. The van der Waals surface area contributed by atoms with Gasteiger partial charge in [0.1, 0.15) is 11.5 Å². The van der Waals surface area contributed by atoms with Crippen LogP contribution in [0.15, 0.2) is 103 Å². The van der Waals surface area contributed by atoms with Crippen molar-refractivity contribution in [1.82, 2.24) is 14.9 Å². The second kappa shape index (κ2) is 11.2. The molecule has 43 heavy (non-hydrogen) atoms. The monoisotopic (exact) mass is 598 g/mol. The van der Waals surface area contributed by atoms with Crippen LogP contribution in [0.2, 0.25) is 0 Å². The number of hydrogen-bond acceptors (Lipinski definition) is 3. The number of nitrogens with zero attached hydrogens (tertiary/aromatic N) is 3. The first kappa shape index (κ1) is 28.5. The predicted octanol–water partition coefficient (Wildman–Crippen LogP) is 8.79. The number of pyridine rings is 1. The van der Waals surface area contributed by atoms with Crippen LogP contribution in [0.5, 0.6) is 11.5 Å². The van der Waals surface area contributed by atoms with Gasteiger partial charge in [-0.2, -0.15) is 13.2 Å². The van der Waals surface area contributed by atoms with Gasteiger partial charge in [0.05, 0.1) is 29.0 Å². The van der Waals surface area contributed by atoms with Crippen molar-refractivity contribution in [3.8, 4) is 17.2 Å². The van der Waals surface area contributed by atoms with E-state index >= 15 is 0 Å². The molecule has 0 amide bonds. The molecule has 1 aliphatic heterocycles. The van der Waals surface area contributed by atoms with Gasteiger partial charge < -0.3 is 19.5 Å². The molecule has 6 rings (SSSR count). The van der Waals surface area contributed by atoms with E-state index in [0.29, 0.717) is 22.2 Å². The first-order valence-electron chi connectivity index (χ1n) is 13.8. The molecular weight excluding hydrogens is 569 g/mol. The minimum atomic E-state index is -4.50. The summed E-state index contributed by atoms with van der Waals surface area (Å²) in [6.45, 7) is 5.66. The number of benzene rings is 3. The highest BCUT2D eigenvalue weighted by molar-refractivity contribution is 7.80. The van der Waals surface area contributed by atoms with E-state index in [9.17, 15) is 13.2 Å². The van der Waals surface area contributed by atoms with E-state index < -0.39 is 11.7 Å². The summed E-state index contributed by atoms with van der Waals surface area (Å²) in [6.07, 6.45) is -2.78. The summed E-state index contributed by atoms with van der Waals surface area (Å²) in [7, 11) is 0. The summed E-state index contributed by atoms with van der Waals surface area (Å²) < 4.78 is 49.9. The number of rotatable bonds is 6. The third-order valence-corrected chi connectivity index (χ3v) is 8.09. The molecule has 1 N–H and O–H groups in total. The first-order valence-corrected chi connectivity index (χ1v) is 14.2. The number of alkyl halides is 3. The summed E-state index contributed by atoms with van der Waals surface area (Å²) in [5.74, 6) is 1.45. The van der Waals surface area contributed by atoms with Gasteiger partial charge in [-0.15, -0.1) is 0 Å². The van der Waals surface area contributed by atoms with Crippen molar-refractivity contribution in [1.29, 1.82) is 0 Å². The number of hydrogen-bond donors (Lipinski definition) is 1. The minimum absolute atomic E-state index is 0.0865. The van der Waals surface area contributed by atoms with Crippen molar-refractivity contribution in [3.63, 3.8) is 0 Å². The molecule has 5 aromatic rings. The van der Waals surface area contributed by atoms with Crippen LogP contribution in [0.3, 0.4) is 0 Å². The van der Waals surface area contributed by atoms with Crippen LogP contribution in [-0.2, 0) is 6.18 Å². The van der Waals surface area contributed by atoms with E-state index in [-0.39, 0.29) is 17.8 Å². The Labute approximate surface area is 253 Å². The van der Waals surface area contributed by atoms with Crippen LogP contribution < -0.4 is 15.0 Å². The van der Waals surface area contributed by atoms with Gasteiger partial charge in [0, 0.05) is 23.3 Å². The van der Waals surface area contributed by atoms with E-state index in [4.69, 9.17) is 17.0 Å². The molecule has 2 atom stereocenters. The highest BCUT2D eigenvalue weighted by Crippen LogP contribution is 2.45. The van der Waals surface area contributed by atoms with E-state index in [1.807, 2.05) is 98.5 Å². The maximum absolute atomic E-state index is 14.0. The number of anilines is 1. The van der Waals surface area contributed by atoms with Crippen molar-refractivity contribution in [2.24, 2.45) is 0 Å². The Morgan fingerprint density at radius 3 is 2.26 bits per heavy atom. The Morgan fingerprint density at radius 1 is 0.860 bits per heavy atom. The van der Waals surface area contributed by atoms with Crippen molar-refractivity contribution < 1.29 is 17.9 Å². The van der Waals surface area contributed by atoms with Gasteiger partial charge in [-0.05, 0) is 105 Å². The van der Waals surface area contributed by atoms with Gasteiger partial charge >= 0.3 is 6.18 Å². The van der Waals surface area contributed by atoms with Crippen molar-refractivity contribution in [2.75, 3.05) is 4.90 Å². The minimum Gasteiger partial charge on any atom is -0.457 e. The third-order valence-electron chi connectivity index (χ3n) is 7.77. The molecule has 2 aromatic heterocycles. The average Bonchev–Trinajstić information content (AvgIpc) is 3.49. The van der Waals surface area contributed by atoms with Crippen molar-refractivity contribution in [3.05, 3.63) is 137 Å². The van der Waals surface area contributed by atoms with Crippen LogP contribution in [0.4, 0.5) is 18.9 Å². The van der Waals surface area contributed by atoms with Crippen molar-refractivity contribution >= 4 is 23.0 Å². The Morgan fingerprint density at radius 2 is 1.56 bits per heavy atom. The number of ether oxygens (including phenoxy) is 1. The van der Waals surface area contributed by atoms with E-state index in [1.54, 1.807) is 16.8 Å². The lowest BCUT2D eigenvalue weighted by atomic mass is 9.96. The summed E-state index contributed by atoms with van der Waals surface area (Å²) in [5.41, 5.74) is 4.24. The number of nitrogens with one attached hydrogen (secondary N) is 1. The van der Waals surface area contributed by atoms with Gasteiger partial charge in [0.25, 0.3) is 0 Å². The zero-order chi connectivity index (χ0) is 30.3. The smallest absolute Gasteiger partial charge is 0.418 e. The van der Waals surface area contributed by atoms with Crippen LogP contribution in [-0.4, -0.2) is 14.7 Å². The number of para-hydroxylation sites is 2. The Hall–Kier alpha value is -4.63. The second-order valence-electron chi connectivity index (χ2n) is 10.5. The molecule has 5 nitrogen and oxygen atoms in total. The largest absolute Gasteiger partial charge is 0.457 e. The highest BCUT2D eigenvalue weighted by atomic mass is 32.1. The number of thiocarbonyl (C=S) groups is 1. The van der Waals surface area contributed by atoms with Gasteiger partial charge in [-0.1, -0.05) is 36.4 Å². The van der Waals surface area contributed by atoms with Crippen LogP contribution >= 0.6 is 12.2 Å². The molecule has 218 valence electrons. The quantitative estimate of drug-likeness (QED) is 0.198. The Balaban J connectivity index is 1.44. The highest BCUT2D eigenvalue weighted by Gasteiger charge is 2.43. The summed E-state index contributed by atoms with van der Waals surface area (Å²) in [4.78, 5) is 6.62. The molecule has 1 aliphatic rings. The molecule has 0 saturated carbocycles. The van der Waals surface area contributed by atoms with E-state index in [2.05, 4.69) is 10.3 Å². The lowest BCUT2D eigenvalue weighted by molar-refractivity contribution is -0.137. The lowest BCUT2D eigenvalue weighted by Crippen LogP contribution is -2.29. The molecule has 0 spiro atoms. The molecule has 0 aliphatic carbocycles. The topological polar surface area (TPSA) is 42.3 Å². The van der Waals surface area contributed by atoms with Crippen LogP contribution in [0, 0.1) is 20.8 Å². The zero-order valence-electron chi connectivity index (χ0n) is 23.8. The Bertz CT molecular complexity index is 1780. The number of aryl methyl sites for hydroxylation is 2. The van der Waals surface area contributed by atoms with E-state index in [1.165, 1.54) is 12.1 Å². The third kappa shape index (κ3) is 5.36. The summed E-state index contributed by atoms with van der Waals surface area (Å²) in [6, 6.07) is 28.0. The number of halogens is 3. The molecular formula is C34H29F3N4OS. The fourth-order valence-corrected chi connectivity index (χ4v) is 6.13. The molecule has 1 fully saturated rings. The maximum atomic E-state index is 14.0.